The molecule has 0 spiro atoms. The zero-order valence-electron chi connectivity index (χ0n) is 16.7. The van der Waals surface area contributed by atoms with Crippen molar-refractivity contribution >= 4 is 15.7 Å². The quantitative estimate of drug-likeness (QED) is 0.497. The molecule has 0 aromatic heterocycles. The number of carbonyl (C=O) groups is 1. The minimum absolute atomic E-state index is 0.0853. The molecule has 1 amide bonds. The van der Waals surface area contributed by atoms with Crippen molar-refractivity contribution in [3.8, 4) is 5.75 Å². The standard InChI is InChI=1S/C21H33NO4S/c1-3-4-5-6-7-8-9-10-11-21(23)22-16-20(17-22)27(24,25)19-14-12-18(26-2)13-15-19/h12-15,20H,3-11,16-17H2,1-2H3. The van der Waals surface area contributed by atoms with E-state index in [2.05, 4.69) is 6.92 Å². The monoisotopic (exact) mass is 395 g/mol. The number of benzene rings is 1. The van der Waals surface area contributed by atoms with E-state index in [1.165, 1.54) is 38.5 Å². The Bertz CT molecular complexity index is 679. The molecule has 2 rings (SSSR count). The molecule has 1 aromatic carbocycles. The van der Waals surface area contributed by atoms with Crippen LogP contribution in [0.1, 0.15) is 64.7 Å². The number of hydrogen-bond donors (Lipinski definition) is 0. The zero-order valence-corrected chi connectivity index (χ0v) is 17.5. The molecule has 1 aliphatic rings. The van der Waals surface area contributed by atoms with Gasteiger partial charge in [-0.05, 0) is 30.7 Å². The van der Waals surface area contributed by atoms with Crippen molar-refractivity contribution in [1.29, 1.82) is 0 Å². The lowest BCUT2D eigenvalue weighted by Crippen LogP contribution is -2.56. The molecule has 6 heteroatoms. The Hall–Kier alpha value is -1.56. The van der Waals surface area contributed by atoms with Crippen LogP contribution in [-0.2, 0) is 14.6 Å². The molecule has 0 atom stereocenters. The molecule has 0 unspecified atom stereocenters. The van der Waals surface area contributed by atoms with E-state index in [1.807, 2.05) is 0 Å². The lowest BCUT2D eigenvalue weighted by molar-refractivity contribution is -0.134. The van der Waals surface area contributed by atoms with Crippen molar-refractivity contribution in [2.24, 2.45) is 0 Å². The van der Waals surface area contributed by atoms with Crippen molar-refractivity contribution in [2.45, 2.75) is 74.9 Å². The van der Waals surface area contributed by atoms with Crippen molar-refractivity contribution < 1.29 is 17.9 Å². The van der Waals surface area contributed by atoms with Gasteiger partial charge >= 0.3 is 0 Å². The van der Waals surface area contributed by atoms with E-state index in [0.29, 0.717) is 30.2 Å². The van der Waals surface area contributed by atoms with Crippen LogP contribution in [0, 0.1) is 0 Å². The van der Waals surface area contributed by atoms with Gasteiger partial charge in [-0.3, -0.25) is 4.79 Å². The van der Waals surface area contributed by atoms with Gasteiger partial charge < -0.3 is 9.64 Å². The number of carbonyl (C=O) groups excluding carboxylic acids is 1. The first-order chi connectivity index (χ1) is 13.0. The van der Waals surface area contributed by atoms with Crippen LogP contribution >= 0.6 is 0 Å². The average Bonchev–Trinajstić information content (AvgIpc) is 2.62. The smallest absolute Gasteiger partial charge is 0.222 e. The fraction of sp³-hybridized carbons (Fsp3) is 0.667. The van der Waals surface area contributed by atoms with E-state index in [4.69, 9.17) is 4.74 Å². The summed E-state index contributed by atoms with van der Waals surface area (Å²) in [6.45, 7) is 2.84. The number of nitrogens with zero attached hydrogens (tertiary/aromatic N) is 1. The third-order valence-corrected chi connectivity index (χ3v) is 7.38. The molecule has 5 nitrogen and oxygen atoms in total. The summed E-state index contributed by atoms with van der Waals surface area (Å²) in [5.74, 6) is 0.715. The van der Waals surface area contributed by atoms with E-state index in [-0.39, 0.29) is 5.91 Å². The van der Waals surface area contributed by atoms with E-state index in [0.717, 1.165) is 12.8 Å². The zero-order chi connectivity index (χ0) is 19.7. The summed E-state index contributed by atoms with van der Waals surface area (Å²) in [5, 5.41) is -0.492. The molecule has 152 valence electrons. The van der Waals surface area contributed by atoms with Gasteiger partial charge in [0, 0.05) is 19.5 Å². The lowest BCUT2D eigenvalue weighted by atomic mass is 10.1. The number of methoxy groups -OCH3 is 1. The Morgan fingerprint density at radius 2 is 1.56 bits per heavy atom. The Morgan fingerprint density at radius 1 is 1.00 bits per heavy atom. The minimum atomic E-state index is -3.38. The highest BCUT2D eigenvalue weighted by Crippen LogP contribution is 2.26. The molecule has 1 fully saturated rings. The molecule has 1 saturated heterocycles. The van der Waals surface area contributed by atoms with Crippen LogP contribution < -0.4 is 4.74 Å². The van der Waals surface area contributed by atoms with E-state index in [9.17, 15) is 13.2 Å². The number of likely N-dealkylation sites (tertiary alicyclic amines) is 1. The highest BCUT2D eigenvalue weighted by atomic mass is 32.2. The highest BCUT2D eigenvalue weighted by Gasteiger charge is 2.40. The number of sulfone groups is 1. The van der Waals surface area contributed by atoms with Gasteiger partial charge in [0.1, 0.15) is 11.0 Å². The first-order valence-electron chi connectivity index (χ1n) is 10.1. The molecule has 1 aliphatic heterocycles. The van der Waals surface area contributed by atoms with E-state index < -0.39 is 15.1 Å². The van der Waals surface area contributed by atoms with Gasteiger partial charge in [-0.25, -0.2) is 8.42 Å². The number of unbranched alkanes of at least 4 members (excludes halogenated alkanes) is 7. The second kappa shape index (κ2) is 10.7. The van der Waals surface area contributed by atoms with Gasteiger partial charge in [0.25, 0.3) is 0 Å². The van der Waals surface area contributed by atoms with Gasteiger partial charge in [0.15, 0.2) is 9.84 Å². The molecule has 1 heterocycles. The van der Waals surface area contributed by atoms with Crippen LogP contribution in [0.15, 0.2) is 29.2 Å². The van der Waals surface area contributed by atoms with Crippen LogP contribution in [0.2, 0.25) is 0 Å². The maximum absolute atomic E-state index is 12.6. The topological polar surface area (TPSA) is 63.7 Å². The Balaban J connectivity index is 1.66. The molecule has 27 heavy (non-hydrogen) atoms. The number of ether oxygens (including phenoxy) is 1. The minimum Gasteiger partial charge on any atom is -0.497 e. The number of rotatable bonds is 12. The van der Waals surface area contributed by atoms with Gasteiger partial charge in [-0.1, -0.05) is 51.9 Å². The summed E-state index contributed by atoms with van der Waals surface area (Å²) in [5.41, 5.74) is 0. The maximum Gasteiger partial charge on any atom is 0.222 e. The summed E-state index contributed by atoms with van der Waals surface area (Å²) in [4.78, 5) is 14.2. The molecule has 0 N–H and O–H groups in total. The summed E-state index contributed by atoms with van der Waals surface area (Å²) >= 11 is 0. The van der Waals surface area contributed by atoms with Crippen molar-refractivity contribution in [3.63, 3.8) is 0 Å². The first-order valence-corrected chi connectivity index (χ1v) is 11.7. The summed E-state index contributed by atoms with van der Waals surface area (Å²) in [6, 6.07) is 6.44. The van der Waals surface area contributed by atoms with Crippen LogP contribution in [-0.4, -0.2) is 44.7 Å². The summed E-state index contributed by atoms with van der Waals surface area (Å²) in [6.07, 6.45) is 10.1. The normalized spacial score (nSPS) is 14.8. The third kappa shape index (κ3) is 6.23. The largest absolute Gasteiger partial charge is 0.497 e. The maximum atomic E-state index is 12.6. The van der Waals surface area contributed by atoms with Crippen molar-refractivity contribution in [3.05, 3.63) is 24.3 Å². The average molecular weight is 396 g/mol. The third-order valence-electron chi connectivity index (χ3n) is 5.27. The van der Waals surface area contributed by atoms with E-state index in [1.54, 1.807) is 36.3 Å². The van der Waals surface area contributed by atoms with Crippen LogP contribution in [0.4, 0.5) is 0 Å². The summed E-state index contributed by atoms with van der Waals surface area (Å²) in [7, 11) is -1.84. The predicted molar refractivity (Wildman–Crippen MR) is 108 cm³/mol. The van der Waals surface area contributed by atoms with Gasteiger partial charge in [-0.2, -0.15) is 0 Å². The SMILES string of the molecule is CCCCCCCCCCC(=O)N1CC(S(=O)(=O)c2ccc(OC)cc2)C1. The molecule has 0 saturated carbocycles. The molecule has 0 radical (unpaired) electrons. The Kier molecular flexibility index (Phi) is 8.61. The molecular weight excluding hydrogens is 362 g/mol. The van der Waals surface area contributed by atoms with Crippen LogP contribution in [0.3, 0.4) is 0 Å². The summed E-state index contributed by atoms with van der Waals surface area (Å²) < 4.78 is 30.3. The van der Waals surface area contributed by atoms with Gasteiger partial charge in [0.05, 0.1) is 12.0 Å². The molecule has 0 bridgehead atoms. The van der Waals surface area contributed by atoms with Crippen LogP contribution in [0.5, 0.6) is 5.75 Å². The first kappa shape index (κ1) is 21.7. The van der Waals surface area contributed by atoms with Crippen molar-refractivity contribution in [2.75, 3.05) is 20.2 Å². The molecular formula is C21H33NO4S. The lowest BCUT2D eigenvalue weighted by Gasteiger charge is -2.38. The van der Waals surface area contributed by atoms with Gasteiger partial charge in [0.2, 0.25) is 5.91 Å². The second-order valence-corrected chi connectivity index (χ2v) is 9.59. The van der Waals surface area contributed by atoms with Crippen molar-refractivity contribution in [1.82, 2.24) is 4.90 Å². The molecule has 0 aliphatic carbocycles. The fourth-order valence-electron chi connectivity index (χ4n) is 3.36. The Labute approximate surface area is 164 Å². The fourth-order valence-corrected chi connectivity index (χ4v) is 5.02. The number of hydrogen-bond acceptors (Lipinski definition) is 4. The Morgan fingerprint density at radius 3 is 2.11 bits per heavy atom. The van der Waals surface area contributed by atoms with Gasteiger partial charge in [-0.15, -0.1) is 0 Å². The van der Waals surface area contributed by atoms with Crippen LogP contribution in [0.25, 0.3) is 0 Å². The van der Waals surface area contributed by atoms with E-state index >= 15 is 0 Å². The molecule has 1 aromatic rings. The highest BCUT2D eigenvalue weighted by molar-refractivity contribution is 7.92. The predicted octanol–water partition coefficient (Wildman–Crippen LogP) is 4.21. The number of amides is 1. The second-order valence-electron chi connectivity index (χ2n) is 7.37.